The molecule has 1 saturated carbocycles. The van der Waals surface area contributed by atoms with Gasteiger partial charge in [0.1, 0.15) is 0 Å². The summed E-state index contributed by atoms with van der Waals surface area (Å²) in [4.78, 5) is 2.60. The van der Waals surface area contributed by atoms with Crippen LogP contribution in [0, 0.1) is 5.92 Å². The molecule has 0 aromatic rings. The molecule has 0 radical (unpaired) electrons. The first-order chi connectivity index (χ1) is 9.22. The molecular weight excluding hydrogens is 236 g/mol. The lowest BCUT2D eigenvalue weighted by atomic mass is 9.83. The van der Waals surface area contributed by atoms with Gasteiger partial charge in [-0.15, -0.1) is 0 Å². The number of hydrogen-bond donors (Lipinski definition) is 1. The smallest absolute Gasteiger partial charge is 0.0589 e. The first-order valence-corrected chi connectivity index (χ1v) is 8.13. The van der Waals surface area contributed by atoms with Crippen LogP contribution in [0.15, 0.2) is 0 Å². The Hall–Kier alpha value is -0.120. The van der Waals surface area contributed by atoms with Crippen LogP contribution in [0.1, 0.15) is 52.4 Å². The highest BCUT2D eigenvalue weighted by atomic mass is 16.5. The summed E-state index contributed by atoms with van der Waals surface area (Å²) >= 11 is 0. The highest BCUT2D eigenvalue weighted by molar-refractivity contribution is 4.82. The number of ether oxygens (including phenoxy) is 1. The predicted molar refractivity (Wildman–Crippen MR) is 82.6 cm³/mol. The molecule has 0 spiro atoms. The van der Waals surface area contributed by atoms with Crippen LogP contribution in [0.25, 0.3) is 0 Å². The van der Waals surface area contributed by atoms with E-state index in [1.54, 1.807) is 7.11 Å². The van der Waals surface area contributed by atoms with Crippen molar-refractivity contribution >= 4 is 0 Å². The highest BCUT2D eigenvalue weighted by Crippen LogP contribution is 2.27. The van der Waals surface area contributed by atoms with Crippen LogP contribution in [0.3, 0.4) is 0 Å². The molecule has 1 aliphatic carbocycles. The summed E-state index contributed by atoms with van der Waals surface area (Å²) in [5, 5.41) is 3.58. The van der Waals surface area contributed by atoms with Gasteiger partial charge in [-0.25, -0.2) is 0 Å². The number of methoxy groups -OCH3 is 1. The topological polar surface area (TPSA) is 24.5 Å². The summed E-state index contributed by atoms with van der Waals surface area (Å²) in [6.07, 6.45) is 8.30. The zero-order valence-electron chi connectivity index (χ0n) is 13.5. The standard InChI is InChI=1S/C16H34N2O/c1-5-14(2)18(11-12-19-4)13-16(17-3)15-9-7-6-8-10-15/h14-17H,5-13H2,1-4H3. The molecular formula is C16H34N2O. The molecule has 1 rings (SSSR count). The molecule has 19 heavy (non-hydrogen) atoms. The molecule has 1 aliphatic rings. The van der Waals surface area contributed by atoms with E-state index in [-0.39, 0.29) is 0 Å². The molecule has 3 nitrogen and oxygen atoms in total. The molecule has 2 unspecified atom stereocenters. The van der Waals surface area contributed by atoms with Crippen molar-refractivity contribution in [1.29, 1.82) is 0 Å². The van der Waals surface area contributed by atoms with Gasteiger partial charge in [0.05, 0.1) is 6.61 Å². The molecule has 3 heteroatoms. The van der Waals surface area contributed by atoms with Crippen molar-refractivity contribution in [2.45, 2.75) is 64.5 Å². The zero-order chi connectivity index (χ0) is 14.1. The minimum Gasteiger partial charge on any atom is -0.383 e. The van der Waals surface area contributed by atoms with Crippen LogP contribution in [-0.2, 0) is 4.74 Å². The molecule has 2 atom stereocenters. The summed E-state index contributed by atoms with van der Waals surface area (Å²) in [7, 11) is 3.93. The van der Waals surface area contributed by atoms with Crippen molar-refractivity contribution in [3.63, 3.8) is 0 Å². The quantitative estimate of drug-likeness (QED) is 0.697. The van der Waals surface area contributed by atoms with Gasteiger partial charge < -0.3 is 10.1 Å². The van der Waals surface area contributed by atoms with Gasteiger partial charge in [0.15, 0.2) is 0 Å². The van der Waals surface area contributed by atoms with E-state index in [4.69, 9.17) is 4.74 Å². The SMILES string of the molecule is CCC(C)N(CCOC)CC(NC)C1CCCCC1. The molecule has 0 aromatic heterocycles. The number of nitrogens with zero attached hydrogens (tertiary/aromatic N) is 1. The third kappa shape index (κ3) is 5.80. The maximum atomic E-state index is 5.27. The normalized spacial score (nSPS) is 20.7. The molecule has 0 heterocycles. The lowest BCUT2D eigenvalue weighted by Crippen LogP contribution is -2.48. The summed E-state index contributed by atoms with van der Waals surface area (Å²) in [6.45, 7) is 7.67. The van der Waals surface area contributed by atoms with E-state index in [1.165, 1.54) is 45.1 Å². The Morgan fingerprint density at radius 2 is 1.95 bits per heavy atom. The van der Waals surface area contributed by atoms with Crippen LogP contribution in [0.5, 0.6) is 0 Å². The van der Waals surface area contributed by atoms with Gasteiger partial charge in [-0.05, 0) is 39.2 Å². The Morgan fingerprint density at radius 1 is 1.26 bits per heavy atom. The molecule has 1 fully saturated rings. The van der Waals surface area contributed by atoms with Gasteiger partial charge in [-0.3, -0.25) is 4.90 Å². The number of likely N-dealkylation sites (N-methyl/N-ethyl adjacent to an activating group) is 1. The Balaban J connectivity index is 2.52. The largest absolute Gasteiger partial charge is 0.383 e. The van der Waals surface area contributed by atoms with E-state index in [1.807, 2.05) is 0 Å². The van der Waals surface area contributed by atoms with E-state index in [9.17, 15) is 0 Å². The van der Waals surface area contributed by atoms with Gasteiger partial charge in [0.25, 0.3) is 0 Å². The fraction of sp³-hybridized carbons (Fsp3) is 1.00. The fourth-order valence-electron chi connectivity index (χ4n) is 3.22. The second-order valence-corrected chi connectivity index (χ2v) is 6.04. The second kappa shape index (κ2) is 9.73. The van der Waals surface area contributed by atoms with E-state index in [0.29, 0.717) is 12.1 Å². The van der Waals surface area contributed by atoms with Crippen molar-refractivity contribution in [2.75, 3.05) is 33.9 Å². The maximum Gasteiger partial charge on any atom is 0.0589 e. The van der Waals surface area contributed by atoms with Crippen molar-refractivity contribution in [1.82, 2.24) is 10.2 Å². The average molecular weight is 270 g/mol. The minimum absolute atomic E-state index is 0.645. The number of rotatable bonds is 9. The lowest BCUT2D eigenvalue weighted by Gasteiger charge is -2.36. The molecule has 0 aromatic carbocycles. The molecule has 0 bridgehead atoms. The monoisotopic (exact) mass is 270 g/mol. The summed E-state index contributed by atoms with van der Waals surface area (Å²) in [5.41, 5.74) is 0. The van der Waals surface area contributed by atoms with E-state index < -0.39 is 0 Å². The van der Waals surface area contributed by atoms with Crippen molar-refractivity contribution in [2.24, 2.45) is 5.92 Å². The van der Waals surface area contributed by atoms with Gasteiger partial charge in [0, 0.05) is 32.3 Å². The molecule has 114 valence electrons. The van der Waals surface area contributed by atoms with E-state index in [0.717, 1.165) is 19.1 Å². The predicted octanol–water partition coefficient (Wildman–Crippen LogP) is 2.90. The summed E-state index contributed by atoms with van der Waals surface area (Å²) in [5.74, 6) is 0.868. The Kier molecular flexibility index (Phi) is 8.67. The Morgan fingerprint density at radius 3 is 2.47 bits per heavy atom. The molecule has 0 saturated heterocycles. The Labute approximate surface area is 120 Å². The van der Waals surface area contributed by atoms with E-state index >= 15 is 0 Å². The Bertz CT molecular complexity index is 217. The van der Waals surface area contributed by atoms with Gasteiger partial charge in [0.2, 0.25) is 0 Å². The number of nitrogens with one attached hydrogen (secondary N) is 1. The van der Waals surface area contributed by atoms with Gasteiger partial charge in [-0.1, -0.05) is 26.2 Å². The first kappa shape index (κ1) is 16.9. The minimum atomic E-state index is 0.645. The molecule has 1 N–H and O–H groups in total. The summed E-state index contributed by atoms with van der Waals surface area (Å²) in [6, 6.07) is 1.29. The van der Waals surface area contributed by atoms with Crippen LogP contribution in [0.4, 0.5) is 0 Å². The van der Waals surface area contributed by atoms with Crippen LogP contribution in [0.2, 0.25) is 0 Å². The van der Waals surface area contributed by atoms with Crippen LogP contribution in [-0.4, -0.2) is 50.8 Å². The molecule has 0 aliphatic heterocycles. The third-order valence-electron chi connectivity index (χ3n) is 4.82. The maximum absolute atomic E-state index is 5.27. The second-order valence-electron chi connectivity index (χ2n) is 6.04. The van der Waals surface area contributed by atoms with Crippen LogP contribution >= 0.6 is 0 Å². The van der Waals surface area contributed by atoms with E-state index in [2.05, 4.69) is 31.1 Å². The average Bonchev–Trinajstić information content (AvgIpc) is 2.47. The van der Waals surface area contributed by atoms with Crippen molar-refractivity contribution in [3.05, 3.63) is 0 Å². The highest BCUT2D eigenvalue weighted by Gasteiger charge is 2.25. The molecule has 0 amide bonds. The van der Waals surface area contributed by atoms with Gasteiger partial charge in [-0.2, -0.15) is 0 Å². The van der Waals surface area contributed by atoms with Crippen molar-refractivity contribution in [3.8, 4) is 0 Å². The first-order valence-electron chi connectivity index (χ1n) is 8.13. The summed E-state index contributed by atoms with van der Waals surface area (Å²) < 4.78 is 5.27. The zero-order valence-corrected chi connectivity index (χ0v) is 13.5. The number of hydrogen-bond acceptors (Lipinski definition) is 3. The fourth-order valence-corrected chi connectivity index (χ4v) is 3.22. The third-order valence-corrected chi connectivity index (χ3v) is 4.82. The van der Waals surface area contributed by atoms with Crippen molar-refractivity contribution < 1.29 is 4.74 Å². The van der Waals surface area contributed by atoms with Crippen LogP contribution < -0.4 is 5.32 Å². The van der Waals surface area contributed by atoms with Gasteiger partial charge >= 0.3 is 0 Å². The lowest BCUT2D eigenvalue weighted by molar-refractivity contribution is 0.102.